The first-order chi connectivity index (χ1) is 6.83. The Bertz CT molecular complexity index is 539. The van der Waals surface area contributed by atoms with Crippen molar-refractivity contribution in [2.75, 3.05) is 0 Å². The van der Waals surface area contributed by atoms with Crippen molar-refractivity contribution in [3.8, 4) is 12.1 Å². The Balaban J connectivity index is 3.77. The molecule has 0 unspecified atom stereocenters. The first kappa shape index (κ1) is 9.77. The average Bonchev–Trinajstić information content (AvgIpc) is 2.23. The average molecular weight is 180 g/mol. The third-order valence-electron chi connectivity index (χ3n) is 1.80. The van der Waals surface area contributed by atoms with Crippen LogP contribution in [0.15, 0.2) is 36.9 Å². The maximum Gasteiger partial charge on any atom is 0.0997 e. The van der Waals surface area contributed by atoms with Crippen LogP contribution in [0.5, 0.6) is 0 Å². The highest BCUT2D eigenvalue weighted by Crippen LogP contribution is 1.88. The molecule has 14 heavy (non-hydrogen) atoms. The van der Waals surface area contributed by atoms with Crippen molar-refractivity contribution >= 4 is 11.6 Å². The van der Waals surface area contributed by atoms with E-state index < -0.39 is 0 Å². The van der Waals surface area contributed by atoms with Gasteiger partial charge in [-0.2, -0.15) is 10.5 Å². The van der Waals surface area contributed by atoms with E-state index in [1.807, 2.05) is 24.3 Å². The molecule has 1 aromatic rings. The SMILES string of the molecule is C=C/C(C#N)=c1/cccc/c1=C\C#N. The monoisotopic (exact) mass is 180 g/mol. The third kappa shape index (κ3) is 1.88. The molecule has 0 saturated carbocycles. The van der Waals surface area contributed by atoms with E-state index in [-0.39, 0.29) is 0 Å². The van der Waals surface area contributed by atoms with E-state index in [0.29, 0.717) is 5.57 Å². The zero-order valence-electron chi connectivity index (χ0n) is 7.57. The molecule has 0 spiro atoms. The van der Waals surface area contributed by atoms with Crippen molar-refractivity contribution in [2.24, 2.45) is 0 Å². The Hall–Kier alpha value is -2.32. The molecule has 1 rings (SSSR count). The summed E-state index contributed by atoms with van der Waals surface area (Å²) in [4.78, 5) is 0. The minimum absolute atomic E-state index is 0.479. The highest BCUT2D eigenvalue weighted by atomic mass is 14.2. The summed E-state index contributed by atoms with van der Waals surface area (Å²) >= 11 is 0. The molecule has 0 atom stereocenters. The maximum absolute atomic E-state index is 8.82. The molecule has 0 fully saturated rings. The van der Waals surface area contributed by atoms with E-state index in [2.05, 4.69) is 6.58 Å². The lowest BCUT2D eigenvalue weighted by atomic mass is 10.1. The lowest BCUT2D eigenvalue weighted by Crippen LogP contribution is -2.25. The van der Waals surface area contributed by atoms with Gasteiger partial charge < -0.3 is 0 Å². The first-order valence-corrected chi connectivity index (χ1v) is 4.05. The van der Waals surface area contributed by atoms with Crippen LogP contribution in [-0.2, 0) is 0 Å². The second-order valence-electron chi connectivity index (χ2n) is 2.59. The van der Waals surface area contributed by atoms with Gasteiger partial charge in [0, 0.05) is 11.3 Å². The third-order valence-corrected chi connectivity index (χ3v) is 1.80. The molecule has 0 radical (unpaired) electrons. The van der Waals surface area contributed by atoms with Crippen LogP contribution in [-0.4, -0.2) is 0 Å². The van der Waals surface area contributed by atoms with Gasteiger partial charge in [-0.25, -0.2) is 0 Å². The molecule has 66 valence electrons. The number of allylic oxidation sites excluding steroid dienone is 1. The number of nitriles is 2. The van der Waals surface area contributed by atoms with Gasteiger partial charge in [-0.15, -0.1) is 0 Å². The Morgan fingerprint density at radius 3 is 2.57 bits per heavy atom. The van der Waals surface area contributed by atoms with Crippen LogP contribution in [0.3, 0.4) is 0 Å². The van der Waals surface area contributed by atoms with Crippen molar-refractivity contribution in [1.29, 1.82) is 10.5 Å². The van der Waals surface area contributed by atoms with E-state index in [0.717, 1.165) is 10.4 Å². The van der Waals surface area contributed by atoms with Crippen LogP contribution < -0.4 is 10.4 Å². The van der Waals surface area contributed by atoms with Gasteiger partial charge >= 0.3 is 0 Å². The number of benzene rings is 1. The van der Waals surface area contributed by atoms with Crippen molar-refractivity contribution in [2.45, 2.75) is 0 Å². The summed E-state index contributed by atoms with van der Waals surface area (Å²) < 4.78 is 0. The highest BCUT2D eigenvalue weighted by Gasteiger charge is 1.91. The lowest BCUT2D eigenvalue weighted by molar-refractivity contribution is 1.47. The minimum Gasteiger partial charge on any atom is -0.193 e. The molecule has 0 heterocycles. The summed E-state index contributed by atoms with van der Waals surface area (Å²) in [7, 11) is 0. The Labute approximate surface area is 82.3 Å². The Morgan fingerprint density at radius 2 is 2.00 bits per heavy atom. The van der Waals surface area contributed by atoms with Gasteiger partial charge in [0.25, 0.3) is 0 Å². The van der Waals surface area contributed by atoms with E-state index in [1.165, 1.54) is 12.2 Å². The highest BCUT2D eigenvalue weighted by molar-refractivity contribution is 5.69. The molecule has 0 saturated heterocycles. The second-order valence-corrected chi connectivity index (χ2v) is 2.59. The lowest BCUT2D eigenvalue weighted by Gasteiger charge is -1.90. The summed E-state index contributed by atoms with van der Waals surface area (Å²) in [5.41, 5.74) is 0.479. The smallest absolute Gasteiger partial charge is 0.0997 e. The number of rotatable bonds is 1. The zero-order chi connectivity index (χ0) is 10.4. The van der Waals surface area contributed by atoms with E-state index in [4.69, 9.17) is 10.5 Å². The molecular weight excluding hydrogens is 172 g/mol. The Kier molecular flexibility index (Phi) is 3.24. The van der Waals surface area contributed by atoms with Crippen LogP contribution in [0, 0.1) is 22.7 Å². The molecular formula is C12H8N2. The molecule has 0 aliphatic carbocycles. The van der Waals surface area contributed by atoms with Crippen molar-refractivity contribution < 1.29 is 0 Å². The van der Waals surface area contributed by atoms with Crippen molar-refractivity contribution in [3.63, 3.8) is 0 Å². The van der Waals surface area contributed by atoms with Crippen molar-refractivity contribution in [3.05, 3.63) is 47.4 Å². The fraction of sp³-hybridized carbons (Fsp3) is 0. The van der Waals surface area contributed by atoms with Crippen LogP contribution in [0.25, 0.3) is 11.6 Å². The second kappa shape index (κ2) is 4.64. The standard InChI is InChI=1S/C12H8N2/c1-2-10(9-14)12-6-4-3-5-11(12)7-8-13/h2-7H,1H2/b11-7+,12-10+. The molecule has 0 bridgehead atoms. The zero-order valence-corrected chi connectivity index (χ0v) is 7.57. The van der Waals surface area contributed by atoms with Gasteiger partial charge in [-0.1, -0.05) is 36.9 Å². The molecule has 0 aromatic heterocycles. The maximum atomic E-state index is 8.82. The summed E-state index contributed by atoms with van der Waals surface area (Å²) in [6.45, 7) is 3.55. The van der Waals surface area contributed by atoms with E-state index in [9.17, 15) is 0 Å². The van der Waals surface area contributed by atoms with Gasteiger partial charge in [0.05, 0.1) is 17.7 Å². The first-order valence-electron chi connectivity index (χ1n) is 4.05. The fourth-order valence-corrected chi connectivity index (χ4v) is 1.15. The predicted molar refractivity (Wildman–Crippen MR) is 55.0 cm³/mol. The number of nitrogens with zero attached hydrogens (tertiary/aromatic N) is 2. The van der Waals surface area contributed by atoms with Gasteiger partial charge in [0.15, 0.2) is 0 Å². The van der Waals surface area contributed by atoms with Crippen LogP contribution in [0.4, 0.5) is 0 Å². The summed E-state index contributed by atoms with van der Waals surface area (Å²) in [6, 6.07) is 11.2. The summed E-state index contributed by atoms with van der Waals surface area (Å²) in [6.07, 6.45) is 2.90. The Morgan fingerprint density at radius 1 is 1.29 bits per heavy atom. The molecule has 0 aliphatic heterocycles. The summed E-state index contributed by atoms with van der Waals surface area (Å²) in [5, 5.41) is 18.8. The van der Waals surface area contributed by atoms with E-state index in [1.54, 1.807) is 12.1 Å². The van der Waals surface area contributed by atoms with Gasteiger partial charge in [0.1, 0.15) is 0 Å². The van der Waals surface area contributed by atoms with Gasteiger partial charge in [-0.3, -0.25) is 0 Å². The van der Waals surface area contributed by atoms with Crippen LogP contribution in [0.2, 0.25) is 0 Å². The quantitative estimate of drug-likeness (QED) is 0.643. The number of hydrogen-bond acceptors (Lipinski definition) is 2. The summed E-state index contributed by atoms with van der Waals surface area (Å²) in [5.74, 6) is 0. The topological polar surface area (TPSA) is 47.6 Å². The number of hydrogen-bond donors (Lipinski definition) is 0. The van der Waals surface area contributed by atoms with Crippen molar-refractivity contribution in [1.82, 2.24) is 0 Å². The molecule has 2 heteroatoms. The largest absolute Gasteiger partial charge is 0.193 e. The van der Waals surface area contributed by atoms with Crippen LogP contribution in [0.1, 0.15) is 0 Å². The molecule has 0 aliphatic rings. The molecule has 0 amide bonds. The van der Waals surface area contributed by atoms with Crippen LogP contribution >= 0.6 is 0 Å². The molecule has 2 nitrogen and oxygen atoms in total. The molecule has 0 N–H and O–H groups in total. The normalized spacial score (nSPS) is 12.6. The van der Waals surface area contributed by atoms with Gasteiger partial charge in [0.2, 0.25) is 0 Å². The predicted octanol–water partition coefficient (Wildman–Crippen LogP) is 0.851. The van der Waals surface area contributed by atoms with Gasteiger partial charge in [-0.05, 0) is 5.22 Å². The van der Waals surface area contributed by atoms with E-state index >= 15 is 0 Å². The molecule has 1 aromatic carbocycles. The minimum atomic E-state index is 0.479. The fourth-order valence-electron chi connectivity index (χ4n) is 1.15.